The smallest absolute Gasteiger partial charge is 0.256 e. The molecule has 1 aliphatic heterocycles. The van der Waals surface area contributed by atoms with E-state index in [1.54, 1.807) is 17.8 Å². The van der Waals surface area contributed by atoms with Crippen molar-refractivity contribution in [3.05, 3.63) is 42.4 Å². The maximum Gasteiger partial charge on any atom is 0.256 e. The lowest BCUT2D eigenvalue weighted by Gasteiger charge is -2.37. The number of amides is 1. The molecule has 29 heavy (non-hydrogen) atoms. The van der Waals surface area contributed by atoms with E-state index in [1.807, 2.05) is 25.4 Å². The first-order valence-electron chi connectivity index (χ1n) is 9.53. The van der Waals surface area contributed by atoms with E-state index in [-0.39, 0.29) is 5.91 Å². The minimum absolute atomic E-state index is 0.215. The average molecular weight is 390 g/mol. The molecule has 0 radical (unpaired) electrons. The van der Waals surface area contributed by atoms with Crippen molar-refractivity contribution >= 4 is 28.4 Å². The number of fused-ring (bicyclic) bond motifs is 2. The summed E-state index contributed by atoms with van der Waals surface area (Å²) >= 11 is 0. The van der Waals surface area contributed by atoms with Crippen LogP contribution in [0.25, 0.3) is 27.9 Å². The molecule has 1 fully saturated rings. The fourth-order valence-electron chi connectivity index (χ4n) is 3.98. The van der Waals surface area contributed by atoms with E-state index in [4.69, 9.17) is 4.98 Å². The molecule has 0 aromatic carbocycles. The molecule has 0 unspecified atom stereocenters. The van der Waals surface area contributed by atoms with Crippen LogP contribution in [0, 0.1) is 0 Å². The standard InChI is InChI=1S/C20H22N8O/c1-21-17-7-16(25-19-14(20(29)22-2)8-24-28(17)19)15-11-27(12-9-26(3)10-12)18-13(15)5-4-6-23-18/h4-8,11-12,21H,9-10H2,1-3H3,(H,22,29). The van der Waals surface area contributed by atoms with Gasteiger partial charge in [0.2, 0.25) is 0 Å². The van der Waals surface area contributed by atoms with Crippen LogP contribution < -0.4 is 10.6 Å². The Kier molecular flexibility index (Phi) is 3.99. The Labute approximate surface area is 167 Å². The summed E-state index contributed by atoms with van der Waals surface area (Å²) in [5.74, 6) is 0.543. The Balaban J connectivity index is 1.73. The molecule has 1 aliphatic rings. The first-order valence-corrected chi connectivity index (χ1v) is 9.53. The van der Waals surface area contributed by atoms with Crippen LogP contribution in [0.2, 0.25) is 0 Å². The van der Waals surface area contributed by atoms with Crippen LogP contribution in [0.1, 0.15) is 16.4 Å². The van der Waals surface area contributed by atoms with Gasteiger partial charge in [-0.05, 0) is 19.2 Å². The number of likely N-dealkylation sites (tertiary alicyclic amines) is 1. The number of aromatic nitrogens is 5. The largest absolute Gasteiger partial charge is 0.373 e. The first kappa shape index (κ1) is 17.6. The molecule has 0 atom stereocenters. The third kappa shape index (κ3) is 2.65. The number of hydrogen-bond donors (Lipinski definition) is 2. The molecular formula is C20H22N8O. The molecule has 5 rings (SSSR count). The molecule has 4 aromatic heterocycles. The summed E-state index contributed by atoms with van der Waals surface area (Å²) < 4.78 is 3.89. The van der Waals surface area contributed by atoms with Gasteiger partial charge in [0.25, 0.3) is 5.91 Å². The van der Waals surface area contributed by atoms with Crippen LogP contribution in [-0.2, 0) is 0 Å². The highest BCUT2D eigenvalue weighted by molar-refractivity contribution is 6.00. The lowest BCUT2D eigenvalue weighted by atomic mass is 10.1. The highest BCUT2D eigenvalue weighted by atomic mass is 16.1. The molecule has 2 N–H and O–H groups in total. The lowest BCUT2D eigenvalue weighted by molar-refractivity contribution is 0.0964. The van der Waals surface area contributed by atoms with E-state index in [1.165, 1.54) is 0 Å². The number of nitrogens with zero attached hydrogens (tertiary/aromatic N) is 6. The summed E-state index contributed by atoms with van der Waals surface area (Å²) in [4.78, 5) is 24.0. The second-order valence-electron chi connectivity index (χ2n) is 7.35. The zero-order valence-electron chi connectivity index (χ0n) is 16.5. The number of likely N-dealkylation sites (N-methyl/N-ethyl adjacent to an activating group) is 1. The second kappa shape index (κ2) is 6.56. The average Bonchev–Trinajstić information content (AvgIpc) is 3.32. The van der Waals surface area contributed by atoms with Gasteiger partial charge in [0.05, 0.1) is 17.9 Å². The first-order chi connectivity index (χ1) is 14.1. The van der Waals surface area contributed by atoms with Gasteiger partial charge in [-0.25, -0.2) is 9.97 Å². The van der Waals surface area contributed by atoms with Crippen LogP contribution in [-0.4, -0.2) is 69.2 Å². The fraction of sp³-hybridized carbons (Fsp3) is 0.300. The van der Waals surface area contributed by atoms with Gasteiger partial charge in [-0.2, -0.15) is 9.61 Å². The van der Waals surface area contributed by atoms with Crippen molar-refractivity contribution in [3.8, 4) is 11.3 Å². The molecule has 9 heteroatoms. The molecule has 0 spiro atoms. The number of nitrogens with one attached hydrogen (secondary N) is 2. The van der Waals surface area contributed by atoms with E-state index >= 15 is 0 Å². The summed E-state index contributed by atoms with van der Waals surface area (Å²) in [5.41, 5.74) is 3.67. The number of carbonyl (C=O) groups is 1. The number of hydrogen-bond acceptors (Lipinski definition) is 6. The van der Waals surface area contributed by atoms with E-state index in [0.29, 0.717) is 17.3 Å². The van der Waals surface area contributed by atoms with Crippen molar-refractivity contribution in [1.82, 2.24) is 34.4 Å². The van der Waals surface area contributed by atoms with E-state index < -0.39 is 0 Å². The Morgan fingerprint density at radius 2 is 2.07 bits per heavy atom. The quantitative estimate of drug-likeness (QED) is 0.550. The topological polar surface area (TPSA) is 92.4 Å². The van der Waals surface area contributed by atoms with Gasteiger partial charge >= 0.3 is 0 Å². The highest BCUT2D eigenvalue weighted by Gasteiger charge is 2.28. The molecule has 5 heterocycles. The van der Waals surface area contributed by atoms with Crippen LogP contribution in [0.15, 0.2) is 36.8 Å². The van der Waals surface area contributed by atoms with Crippen molar-refractivity contribution in [2.45, 2.75) is 6.04 Å². The summed E-state index contributed by atoms with van der Waals surface area (Å²) in [6.45, 7) is 1.99. The van der Waals surface area contributed by atoms with E-state index in [2.05, 4.69) is 49.5 Å². The van der Waals surface area contributed by atoms with Crippen LogP contribution >= 0.6 is 0 Å². The third-order valence-corrected chi connectivity index (χ3v) is 5.50. The van der Waals surface area contributed by atoms with Crippen molar-refractivity contribution < 1.29 is 4.79 Å². The second-order valence-corrected chi connectivity index (χ2v) is 7.35. The van der Waals surface area contributed by atoms with E-state index in [9.17, 15) is 4.79 Å². The normalized spacial score (nSPS) is 15.0. The Bertz CT molecular complexity index is 1230. The van der Waals surface area contributed by atoms with Crippen molar-refractivity contribution in [2.75, 3.05) is 39.5 Å². The van der Waals surface area contributed by atoms with Crippen molar-refractivity contribution in [3.63, 3.8) is 0 Å². The Morgan fingerprint density at radius 1 is 1.24 bits per heavy atom. The predicted molar refractivity (Wildman–Crippen MR) is 111 cm³/mol. The van der Waals surface area contributed by atoms with Crippen LogP contribution in [0.3, 0.4) is 0 Å². The highest BCUT2D eigenvalue weighted by Crippen LogP contribution is 2.34. The minimum atomic E-state index is -0.215. The molecule has 148 valence electrons. The molecule has 4 aromatic rings. The zero-order chi connectivity index (χ0) is 20.1. The Hall–Kier alpha value is -3.46. The van der Waals surface area contributed by atoms with Gasteiger partial charge < -0.3 is 20.1 Å². The van der Waals surface area contributed by atoms with Gasteiger partial charge in [0.15, 0.2) is 5.65 Å². The summed E-state index contributed by atoms with van der Waals surface area (Å²) in [7, 11) is 5.55. The molecular weight excluding hydrogens is 368 g/mol. The van der Waals surface area contributed by atoms with Crippen molar-refractivity contribution in [2.24, 2.45) is 0 Å². The number of carbonyl (C=O) groups excluding carboxylic acids is 1. The maximum absolute atomic E-state index is 12.3. The van der Waals surface area contributed by atoms with Gasteiger partial charge in [0, 0.05) is 56.6 Å². The third-order valence-electron chi connectivity index (χ3n) is 5.50. The molecule has 1 saturated heterocycles. The van der Waals surface area contributed by atoms with Crippen LogP contribution in [0.5, 0.6) is 0 Å². The fourth-order valence-corrected chi connectivity index (χ4v) is 3.98. The molecule has 1 amide bonds. The zero-order valence-corrected chi connectivity index (χ0v) is 16.5. The molecule has 0 aliphatic carbocycles. The lowest BCUT2D eigenvalue weighted by Crippen LogP contribution is -2.44. The number of pyridine rings is 1. The molecule has 9 nitrogen and oxygen atoms in total. The SMILES string of the molecule is CNC(=O)c1cnn2c(NC)cc(-c3cn(C4CN(C)C4)c4ncccc34)nc12. The Morgan fingerprint density at radius 3 is 2.79 bits per heavy atom. The number of anilines is 1. The van der Waals surface area contributed by atoms with Crippen molar-refractivity contribution in [1.29, 1.82) is 0 Å². The summed E-state index contributed by atoms with van der Waals surface area (Å²) in [6, 6.07) is 6.36. The predicted octanol–water partition coefficient (Wildman–Crippen LogP) is 1.63. The van der Waals surface area contributed by atoms with Crippen LogP contribution in [0.4, 0.5) is 5.82 Å². The maximum atomic E-state index is 12.3. The van der Waals surface area contributed by atoms with E-state index in [0.717, 1.165) is 41.2 Å². The van der Waals surface area contributed by atoms with Gasteiger partial charge in [0.1, 0.15) is 17.0 Å². The van der Waals surface area contributed by atoms with Gasteiger partial charge in [-0.1, -0.05) is 0 Å². The molecule has 0 saturated carbocycles. The van der Waals surface area contributed by atoms with Gasteiger partial charge in [-0.15, -0.1) is 0 Å². The van der Waals surface area contributed by atoms with Gasteiger partial charge in [-0.3, -0.25) is 4.79 Å². The number of rotatable bonds is 4. The summed E-state index contributed by atoms with van der Waals surface area (Å²) in [5, 5.41) is 11.2. The molecule has 0 bridgehead atoms. The summed E-state index contributed by atoms with van der Waals surface area (Å²) in [6.07, 6.45) is 5.49. The minimum Gasteiger partial charge on any atom is -0.373 e. The monoisotopic (exact) mass is 390 g/mol.